The highest BCUT2D eigenvalue weighted by molar-refractivity contribution is 6.30. The fraction of sp³-hybridized carbons (Fsp3) is 0.125. The number of methoxy groups -OCH3 is 1. The molecule has 0 atom stereocenters. The molecule has 7 nitrogen and oxygen atoms in total. The number of nitrogens with zero attached hydrogens (tertiary/aromatic N) is 2. The van der Waals surface area contributed by atoms with Crippen LogP contribution in [0.2, 0.25) is 5.02 Å². The number of aryl methyl sites for hydroxylation is 1. The Morgan fingerprint density at radius 2 is 1.94 bits per heavy atom. The van der Waals surface area contributed by atoms with Crippen LogP contribution in [0, 0.1) is 25.2 Å². The first-order valence-corrected chi connectivity index (χ1v) is 9.92. The van der Waals surface area contributed by atoms with Gasteiger partial charge in [-0.1, -0.05) is 17.7 Å². The number of carbonyl (C=O) groups excluding carboxylic acids is 1. The van der Waals surface area contributed by atoms with E-state index in [1.165, 1.54) is 24.3 Å². The molecule has 0 radical (unpaired) electrons. The number of benzene rings is 2. The molecule has 1 heterocycles. The normalized spacial score (nSPS) is 11.0. The van der Waals surface area contributed by atoms with E-state index in [1.807, 2.05) is 30.6 Å². The molecule has 0 bridgehead atoms. The van der Waals surface area contributed by atoms with Crippen molar-refractivity contribution in [1.82, 2.24) is 4.57 Å². The van der Waals surface area contributed by atoms with E-state index in [1.54, 1.807) is 31.4 Å². The quantitative estimate of drug-likeness (QED) is 0.407. The Kier molecular flexibility index (Phi) is 6.67. The van der Waals surface area contributed by atoms with Crippen LogP contribution < -0.4 is 10.1 Å². The van der Waals surface area contributed by atoms with Crippen molar-refractivity contribution >= 4 is 35.2 Å². The van der Waals surface area contributed by atoms with Crippen molar-refractivity contribution in [2.45, 2.75) is 13.8 Å². The van der Waals surface area contributed by atoms with E-state index < -0.39 is 11.9 Å². The lowest BCUT2D eigenvalue weighted by molar-refractivity contribution is -0.112. The summed E-state index contributed by atoms with van der Waals surface area (Å²) in [7, 11) is 1.57. The SMILES string of the molecule is COc1ccc(Cl)cc1-n1c(C)cc(/C=C(/C#N)C(=O)Nc2cccc(C(=O)O)c2)c1C. The van der Waals surface area contributed by atoms with E-state index in [9.17, 15) is 14.9 Å². The van der Waals surface area contributed by atoms with Gasteiger partial charge in [0.1, 0.15) is 17.4 Å². The number of carboxylic acids is 1. The van der Waals surface area contributed by atoms with E-state index in [2.05, 4.69) is 5.32 Å². The Balaban J connectivity index is 1.97. The van der Waals surface area contributed by atoms with Crippen LogP contribution in [-0.4, -0.2) is 28.7 Å². The van der Waals surface area contributed by atoms with Crippen molar-refractivity contribution in [1.29, 1.82) is 5.26 Å². The first-order valence-electron chi connectivity index (χ1n) is 9.54. The predicted molar refractivity (Wildman–Crippen MR) is 122 cm³/mol. The van der Waals surface area contributed by atoms with Crippen LogP contribution in [0.1, 0.15) is 27.3 Å². The molecule has 1 aromatic heterocycles. The first kappa shape index (κ1) is 22.7. The Morgan fingerprint density at radius 1 is 1.19 bits per heavy atom. The summed E-state index contributed by atoms with van der Waals surface area (Å²) in [5, 5.41) is 21.8. The molecular formula is C24H20ClN3O4. The van der Waals surface area contributed by atoms with Gasteiger partial charge in [0, 0.05) is 22.1 Å². The Bertz CT molecular complexity index is 1280. The van der Waals surface area contributed by atoms with Crippen LogP contribution in [-0.2, 0) is 4.79 Å². The van der Waals surface area contributed by atoms with E-state index in [0.717, 1.165) is 17.1 Å². The molecule has 162 valence electrons. The van der Waals surface area contributed by atoms with Crippen LogP contribution in [0.3, 0.4) is 0 Å². The van der Waals surface area contributed by atoms with Crippen molar-refractivity contribution in [3.05, 3.63) is 81.6 Å². The van der Waals surface area contributed by atoms with Gasteiger partial charge in [0.25, 0.3) is 5.91 Å². The second kappa shape index (κ2) is 9.41. The van der Waals surface area contributed by atoms with Crippen LogP contribution in [0.5, 0.6) is 5.75 Å². The lowest BCUT2D eigenvalue weighted by atomic mass is 10.1. The van der Waals surface area contributed by atoms with Crippen molar-refractivity contribution in [2.75, 3.05) is 12.4 Å². The fourth-order valence-corrected chi connectivity index (χ4v) is 3.54. The molecule has 3 aromatic rings. The van der Waals surface area contributed by atoms with Gasteiger partial charge in [0.05, 0.1) is 18.4 Å². The van der Waals surface area contributed by atoms with Gasteiger partial charge in [-0.15, -0.1) is 0 Å². The number of hydrogen-bond donors (Lipinski definition) is 2. The average molecular weight is 450 g/mol. The van der Waals surface area contributed by atoms with E-state index in [0.29, 0.717) is 16.3 Å². The predicted octanol–water partition coefficient (Wildman–Crippen LogP) is 5.00. The third-order valence-electron chi connectivity index (χ3n) is 4.88. The summed E-state index contributed by atoms with van der Waals surface area (Å²) in [6, 6.07) is 14.9. The maximum Gasteiger partial charge on any atom is 0.335 e. The number of nitrogens with one attached hydrogen (secondary N) is 1. The molecule has 1 amide bonds. The smallest absolute Gasteiger partial charge is 0.335 e. The van der Waals surface area contributed by atoms with E-state index >= 15 is 0 Å². The molecule has 0 unspecified atom stereocenters. The number of halogens is 1. The van der Waals surface area contributed by atoms with E-state index in [-0.39, 0.29) is 16.8 Å². The number of aromatic nitrogens is 1. The van der Waals surface area contributed by atoms with Gasteiger partial charge in [-0.25, -0.2) is 4.79 Å². The van der Waals surface area contributed by atoms with Gasteiger partial charge in [-0.2, -0.15) is 5.26 Å². The summed E-state index contributed by atoms with van der Waals surface area (Å²) in [6.45, 7) is 3.76. The fourth-order valence-electron chi connectivity index (χ4n) is 3.37. The van der Waals surface area contributed by atoms with Gasteiger partial charge in [-0.3, -0.25) is 4.79 Å². The third kappa shape index (κ3) is 4.66. The van der Waals surface area contributed by atoms with Gasteiger partial charge >= 0.3 is 5.97 Å². The molecule has 0 saturated heterocycles. The highest BCUT2D eigenvalue weighted by atomic mass is 35.5. The first-order chi connectivity index (χ1) is 15.2. The molecule has 0 saturated carbocycles. The van der Waals surface area contributed by atoms with Crippen molar-refractivity contribution in [3.63, 3.8) is 0 Å². The number of carboxylic acid groups (broad SMARTS) is 1. The molecule has 2 N–H and O–H groups in total. The average Bonchev–Trinajstić information content (AvgIpc) is 3.04. The number of amides is 1. The summed E-state index contributed by atoms with van der Waals surface area (Å²) >= 11 is 6.18. The number of anilines is 1. The van der Waals surface area contributed by atoms with Gasteiger partial charge in [0.2, 0.25) is 0 Å². The monoisotopic (exact) mass is 449 g/mol. The molecule has 0 spiro atoms. The summed E-state index contributed by atoms with van der Waals surface area (Å²) in [5.41, 5.74) is 3.26. The molecule has 0 aliphatic carbocycles. The van der Waals surface area contributed by atoms with Crippen LogP contribution >= 0.6 is 11.6 Å². The second-order valence-corrected chi connectivity index (χ2v) is 7.42. The Labute approximate surface area is 190 Å². The van der Waals surface area contributed by atoms with E-state index in [4.69, 9.17) is 21.4 Å². The minimum absolute atomic E-state index is 0.0318. The summed E-state index contributed by atoms with van der Waals surface area (Å²) in [6.07, 6.45) is 1.49. The zero-order chi connectivity index (χ0) is 23.4. The molecule has 8 heteroatoms. The van der Waals surface area contributed by atoms with Crippen LogP contribution in [0.25, 0.3) is 11.8 Å². The summed E-state index contributed by atoms with van der Waals surface area (Å²) < 4.78 is 7.38. The minimum Gasteiger partial charge on any atom is -0.495 e. The highest BCUT2D eigenvalue weighted by Gasteiger charge is 2.17. The topological polar surface area (TPSA) is 104 Å². The minimum atomic E-state index is -1.11. The van der Waals surface area contributed by atoms with Crippen molar-refractivity contribution < 1.29 is 19.4 Å². The molecule has 0 fully saturated rings. The summed E-state index contributed by atoms with van der Waals surface area (Å²) in [5.74, 6) is -1.12. The zero-order valence-corrected chi connectivity index (χ0v) is 18.4. The van der Waals surface area contributed by atoms with Crippen molar-refractivity contribution in [2.24, 2.45) is 0 Å². The lowest BCUT2D eigenvalue weighted by Gasteiger charge is -2.14. The number of hydrogen-bond acceptors (Lipinski definition) is 4. The molecule has 0 aliphatic heterocycles. The number of ether oxygens (including phenoxy) is 1. The Morgan fingerprint density at radius 3 is 2.59 bits per heavy atom. The molecule has 0 aliphatic rings. The largest absolute Gasteiger partial charge is 0.495 e. The number of nitriles is 1. The third-order valence-corrected chi connectivity index (χ3v) is 5.12. The highest BCUT2D eigenvalue weighted by Crippen LogP contribution is 2.31. The van der Waals surface area contributed by atoms with Crippen molar-refractivity contribution in [3.8, 4) is 17.5 Å². The van der Waals surface area contributed by atoms with Crippen LogP contribution in [0.15, 0.2) is 54.1 Å². The summed E-state index contributed by atoms with van der Waals surface area (Å²) in [4.78, 5) is 23.8. The molecule has 3 rings (SSSR count). The van der Waals surface area contributed by atoms with Gasteiger partial charge in [-0.05, 0) is 68.0 Å². The molecule has 32 heavy (non-hydrogen) atoms. The number of carbonyl (C=O) groups is 2. The Hall–Kier alpha value is -4.02. The van der Waals surface area contributed by atoms with Gasteiger partial charge < -0.3 is 19.7 Å². The standard InChI is InChI=1S/C24H20ClN3O4/c1-14-9-17(15(2)28(14)21-12-19(25)7-8-22(21)32-3)10-18(13-26)23(29)27-20-6-4-5-16(11-20)24(30)31/h4-12H,1-3H3,(H,27,29)(H,30,31)/b18-10-. The maximum absolute atomic E-state index is 12.7. The van der Waals surface area contributed by atoms with Gasteiger partial charge in [0.15, 0.2) is 0 Å². The number of aromatic carboxylic acids is 1. The molecular weight excluding hydrogens is 430 g/mol. The van der Waals surface area contributed by atoms with Crippen LogP contribution in [0.4, 0.5) is 5.69 Å². The second-order valence-electron chi connectivity index (χ2n) is 6.99. The number of rotatable bonds is 6. The lowest BCUT2D eigenvalue weighted by Crippen LogP contribution is -2.14. The maximum atomic E-state index is 12.7. The molecule has 2 aromatic carbocycles. The zero-order valence-electron chi connectivity index (χ0n) is 17.6.